The Morgan fingerprint density at radius 1 is 1.16 bits per heavy atom. The molecular weight excluding hydrogens is 357 g/mol. The first-order chi connectivity index (χ1) is 11.7. The highest BCUT2D eigenvalue weighted by molar-refractivity contribution is 7.89. The van der Waals surface area contributed by atoms with Gasteiger partial charge in [0, 0.05) is 19.7 Å². The fourth-order valence-corrected chi connectivity index (χ4v) is 4.20. The third kappa shape index (κ3) is 5.95. The topological polar surface area (TPSA) is 72.6 Å². The first-order valence-corrected chi connectivity index (χ1v) is 9.64. The number of ether oxygens (including phenoxy) is 1. The minimum atomic E-state index is -4.31. The number of alkyl halides is 3. The molecule has 1 fully saturated rings. The molecule has 0 unspecified atom stereocenters. The Kier molecular flexibility index (Phi) is 6.84. The molecule has 1 heterocycles. The molecule has 1 aromatic carbocycles. The third-order valence-electron chi connectivity index (χ3n) is 4.07. The Balaban J connectivity index is 1.95. The van der Waals surface area contributed by atoms with Crippen molar-refractivity contribution in [2.75, 3.05) is 26.2 Å². The zero-order chi connectivity index (χ0) is 18.5. The van der Waals surface area contributed by atoms with Crippen LogP contribution in [0.2, 0.25) is 0 Å². The Morgan fingerprint density at radius 2 is 1.76 bits per heavy atom. The highest BCUT2D eigenvalue weighted by Crippen LogP contribution is 2.25. The second kappa shape index (κ2) is 8.48. The molecule has 9 heteroatoms. The first-order valence-electron chi connectivity index (χ1n) is 8.20. The molecule has 142 valence electrons. The van der Waals surface area contributed by atoms with E-state index in [2.05, 4.69) is 0 Å². The molecule has 1 aliphatic heterocycles. The van der Waals surface area contributed by atoms with Gasteiger partial charge >= 0.3 is 6.18 Å². The predicted octanol–water partition coefficient (Wildman–Crippen LogP) is 2.31. The van der Waals surface area contributed by atoms with Crippen LogP contribution in [0.25, 0.3) is 0 Å². The van der Waals surface area contributed by atoms with Gasteiger partial charge in [-0.2, -0.15) is 17.5 Å². The summed E-state index contributed by atoms with van der Waals surface area (Å²) in [7, 11) is -3.69. The van der Waals surface area contributed by atoms with Crippen LogP contribution in [0, 0.1) is 0 Å². The Hall–Kier alpha value is -1.16. The van der Waals surface area contributed by atoms with Crippen LogP contribution < -0.4 is 5.73 Å². The minimum Gasteiger partial charge on any atom is -0.378 e. The average molecular weight is 380 g/mol. The Labute approximate surface area is 146 Å². The number of nitrogens with zero attached hydrogens (tertiary/aromatic N) is 1. The summed E-state index contributed by atoms with van der Waals surface area (Å²) in [6.07, 6.45) is -3.41. The molecule has 1 aromatic rings. The molecule has 5 nitrogen and oxygen atoms in total. The molecule has 0 atom stereocenters. The van der Waals surface area contributed by atoms with Crippen LogP contribution in [0.5, 0.6) is 0 Å². The number of hydrogen-bond donors (Lipinski definition) is 1. The normalized spacial score (nSPS) is 17.8. The lowest BCUT2D eigenvalue weighted by Crippen LogP contribution is -2.41. The van der Waals surface area contributed by atoms with Crippen molar-refractivity contribution in [1.82, 2.24) is 4.31 Å². The molecule has 2 rings (SSSR count). The smallest absolute Gasteiger partial charge is 0.378 e. The van der Waals surface area contributed by atoms with E-state index in [0.717, 1.165) is 6.42 Å². The van der Waals surface area contributed by atoms with Crippen molar-refractivity contribution in [2.45, 2.75) is 42.9 Å². The van der Waals surface area contributed by atoms with Crippen molar-refractivity contribution in [3.8, 4) is 0 Å². The molecule has 0 amide bonds. The van der Waals surface area contributed by atoms with Gasteiger partial charge in [-0.3, -0.25) is 0 Å². The molecule has 1 aliphatic rings. The van der Waals surface area contributed by atoms with Gasteiger partial charge in [0.05, 0.1) is 17.4 Å². The average Bonchev–Trinajstić information content (AvgIpc) is 2.55. The minimum absolute atomic E-state index is 0.0147. The largest absolute Gasteiger partial charge is 0.393 e. The van der Waals surface area contributed by atoms with E-state index in [1.54, 1.807) is 0 Å². The maximum absolute atomic E-state index is 12.6. The summed E-state index contributed by atoms with van der Waals surface area (Å²) in [6, 6.07) is 4.90. The van der Waals surface area contributed by atoms with Crippen molar-refractivity contribution in [1.29, 1.82) is 0 Å². The van der Waals surface area contributed by atoms with E-state index in [1.807, 2.05) is 0 Å². The van der Waals surface area contributed by atoms with Crippen LogP contribution in [0.4, 0.5) is 13.2 Å². The summed E-state index contributed by atoms with van der Waals surface area (Å²) >= 11 is 0. The Bertz CT molecular complexity index is 640. The molecule has 0 aromatic heterocycles. The van der Waals surface area contributed by atoms with Crippen LogP contribution in [-0.4, -0.2) is 51.2 Å². The van der Waals surface area contributed by atoms with Crippen molar-refractivity contribution in [3.63, 3.8) is 0 Å². The van der Waals surface area contributed by atoms with Crippen molar-refractivity contribution < 1.29 is 26.3 Å². The highest BCUT2D eigenvalue weighted by Gasteiger charge is 2.31. The van der Waals surface area contributed by atoms with Gasteiger partial charge in [-0.25, -0.2) is 8.42 Å². The SMILES string of the molecule is NCCCOC1CCN(S(=O)(=O)c2ccc(CC(F)(F)F)cc2)CC1. The van der Waals surface area contributed by atoms with Crippen molar-refractivity contribution >= 4 is 10.0 Å². The number of halogens is 3. The molecule has 0 saturated carbocycles. The molecule has 0 bridgehead atoms. The summed E-state index contributed by atoms with van der Waals surface area (Å²) in [6.45, 7) is 1.78. The van der Waals surface area contributed by atoms with Crippen molar-refractivity contribution in [3.05, 3.63) is 29.8 Å². The lowest BCUT2D eigenvalue weighted by atomic mass is 10.1. The summed E-state index contributed by atoms with van der Waals surface area (Å²) in [5, 5.41) is 0. The number of rotatable bonds is 7. The number of benzene rings is 1. The van der Waals surface area contributed by atoms with Gasteiger partial charge in [0.1, 0.15) is 0 Å². The lowest BCUT2D eigenvalue weighted by Gasteiger charge is -2.31. The number of sulfonamides is 1. The summed E-state index contributed by atoms with van der Waals surface area (Å²) in [5.74, 6) is 0. The van der Waals surface area contributed by atoms with E-state index in [9.17, 15) is 21.6 Å². The van der Waals surface area contributed by atoms with Crippen molar-refractivity contribution in [2.24, 2.45) is 5.73 Å². The van der Waals surface area contributed by atoms with Gasteiger partial charge in [0.15, 0.2) is 0 Å². The predicted molar refractivity (Wildman–Crippen MR) is 87.6 cm³/mol. The second-order valence-electron chi connectivity index (χ2n) is 6.05. The quantitative estimate of drug-likeness (QED) is 0.737. The van der Waals surface area contributed by atoms with Crippen LogP contribution >= 0.6 is 0 Å². The summed E-state index contributed by atoms with van der Waals surface area (Å²) in [4.78, 5) is 0.0147. The van der Waals surface area contributed by atoms with E-state index in [-0.39, 0.29) is 16.6 Å². The summed E-state index contributed by atoms with van der Waals surface area (Å²) < 4.78 is 69.3. The molecule has 25 heavy (non-hydrogen) atoms. The van der Waals surface area contributed by atoms with Gasteiger partial charge < -0.3 is 10.5 Å². The highest BCUT2D eigenvalue weighted by atomic mass is 32.2. The number of nitrogens with two attached hydrogens (primary N) is 1. The molecular formula is C16H23F3N2O3S. The fourth-order valence-electron chi connectivity index (χ4n) is 2.73. The lowest BCUT2D eigenvalue weighted by molar-refractivity contribution is -0.127. The van der Waals surface area contributed by atoms with Gasteiger partial charge in [-0.05, 0) is 43.5 Å². The van der Waals surface area contributed by atoms with Gasteiger partial charge in [-0.15, -0.1) is 0 Å². The number of piperidine rings is 1. The van der Waals surface area contributed by atoms with E-state index < -0.39 is 22.6 Å². The zero-order valence-corrected chi connectivity index (χ0v) is 14.7. The third-order valence-corrected chi connectivity index (χ3v) is 5.98. The second-order valence-corrected chi connectivity index (χ2v) is 7.99. The van der Waals surface area contributed by atoms with Gasteiger partial charge in [0.2, 0.25) is 10.0 Å². The molecule has 2 N–H and O–H groups in total. The van der Waals surface area contributed by atoms with Crippen LogP contribution in [0.3, 0.4) is 0 Å². The standard InChI is InChI=1S/C16H23F3N2O3S/c17-16(18,19)12-13-2-4-15(5-3-13)25(22,23)21-9-6-14(7-10-21)24-11-1-8-20/h2-5,14H,1,6-12,20H2. The number of hydrogen-bond acceptors (Lipinski definition) is 4. The van der Waals surface area contributed by atoms with Crippen LogP contribution in [0.15, 0.2) is 29.2 Å². The van der Waals surface area contributed by atoms with Crippen LogP contribution in [0.1, 0.15) is 24.8 Å². The first kappa shape index (κ1) is 20.2. The zero-order valence-electron chi connectivity index (χ0n) is 13.8. The van der Waals surface area contributed by atoms with Gasteiger partial charge in [-0.1, -0.05) is 12.1 Å². The van der Waals surface area contributed by atoms with Gasteiger partial charge in [0.25, 0.3) is 0 Å². The fraction of sp³-hybridized carbons (Fsp3) is 0.625. The molecule has 0 spiro atoms. The Morgan fingerprint density at radius 3 is 2.28 bits per heavy atom. The monoisotopic (exact) mass is 380 g/mol. The van der Waals surface area contributed by atoms with E-state index in [1.165, 1.54) is 28.6 Å². The maximum Gasteiger partial charge on any atom is 0.393 e. The molecule has 0 aliphatic carbocycles. The van der Waals surface area contributed by atoms with E-state index >= 15 is 0 Å². The van der Waals surface area contributed by atoms with E-state index in [4.69, 9.17) is 10.5 Å². The molecule has 1 saturated heterocycles. The maximum atomic E-state index is 12.6. The summed E-state index contributed by atoms with van der Waals surface area (Å²) in [5.41, 5.74) is 5.44. The van der Waals surface area contributed by atoms with Crippen LogP contribution in [-0.2, 0) is 21.2 Å². The van der Waals surface area contributed by atoms with E-state index in [0.29, 0.717) is 39.1 Å². The molecule has 0 radical (unpaired) electrons.